The van der Waals surface area contributed by atoms with Crippen molar-refractivity contribution in [2.45, 2.75) is 25.8 Å². The summed E-state index contributed by atoms with van der Waals surface area (Å²) in [7, 11) is 0. The summed E-state index contributed by atoms with van der Waals surface area (Å²) < 4.78 is 12.8. The first-order valence-electron chi connectivity index (χ1n) is 7.78. The van der Waals surface area contributed by atoms with Crippen LogP contribution in [0.5, 0.6) is 0 Å². The van der Waals surface area contributed by atoms with Gasteiger partial charge in [0, 0.05) is 31.5 Å². The molecule has 1 N–H and O–H groups in total. The van der Waals surface area contributed by atoms with Crippen LogP contribution in [0.3, 0.4) is 0 Å². The standard InChI is InChI=1S/C17H19FN4O/c18-14-3-4-15(20-12-14)10-17(23)21-11-13-5-6-19-16(9-13)22-7-1-2-8-22/h3-6,9,12H,1-2,7-8,10-11H2,(H,21,23). The van der Waals surface area contributed by atoms with Crippen molar-refractivity contribution in [2.75, 3.05) is 18.0 Å². The summed E-state index contributed by atoms with van der Waals surface area (Å²) in [6.07, 6.45) is 5.44. The van der Waals surface area contributed by atoms with Gasteiger partial charge in [-0.05, 0) is 42.7 Å². The minimum atomic E-state index is -0.402. The number of halogens is 1. The van der Waals surface area contributed by atoms with Crippen molar-refractivity contribution in [2.24, 2.45) is 0 Å². The molecule has 120 valence electrons. The quantitative estimate of drug-likeness (QED) is 0.918. The Bertz CT molecular complexity index is 669. The van der Waals surface area contributed by atoms with E-state index in [9.17, 15) is 9.18 Å². The van der Waals surface area contributed by atoms with Crippen LogP contribution >= 0.6 is 0 Å². The highest BCUT2D eigenvalue weighted by Gasteiger charge is 2.13. The fourth-order valence-corrected chi connectivity index (χ4v) is 2.63. The number of amides is 1. The zero-order valence-corrected chi connectivity index (χ0v) is 12.8. The molecule has 0 spiro atoms. The second kappa shape index (κ2) is 7.17. The molecule has 0 atom stereocenters. The molecule has 0 aliphatic carbocycles. The number of hydrogen-bond acceptors (Lipinski definition) is 4. The monoisotopic (exact) mass is 314 g/mol. The molecule has 1 fully saturated rings. The average Bonchev–Trinajstić information content (AvgIpc) is 3.10. The van der Waals surface area contributed by atoms with Crippen LogP contribution < -0.4 is 10.2 Å². The van der Waals surface area contributed by atoms with Gasteiger partial charge in [0.15, 0.2) is 0 Å². The third-order valence-electron chi connectivity index (χ3n) is 3.86. The molecule has 1 amide bonds. The minimum Gasteiger partial charge on any atom is -0.357 e. The third kappa shape index (κ3) is 4.25. The van der Waals surface area contributed by atoms with Gasteiger partial charge in [0.25, 0.3) is 0 Å². The Labute approximate surface area is 134 Å². The van der Waals surface area contributed by atoms with Crippen LogP contribution in [0.4, 0.5) is 10.2 Å². The number of pyridine rings is 2. The Kier molecular flexibility index (Phi) is 4.80. The number of carbonyl (C=O) groups is 1. The Morgan fingerprint density at radius 2 is 2.04 bits per heavy atom. The number of anilines is 1. The number of nitrogens with zero attached hydrogens (tertiary/aromatic N) is 3. The molecule has 2 aromatic heterocycles. The van der Waals surface area contributed by atoms with E-state index in [1.54, 1.807) is 6.20 Å². The van der Waals surface area contributed by atoms with E-state index in [-0.39, 0.29) is 12.3 Å². The van der Waals surface area contributed by atoms with E-state index >= 15 is 0 Å². The fraction of sp³-hybridized carbons (Fsp3) is 0.353. The summed E-state index contributed by atoms with van der Waals surface area (Å²) in [5, 5.41) is 2.86. The molecule has 1 aliphatic rings. The van der Waals surface area contributed by atoms with Gasteiger partial charge in [-0.1, -0.05) is 0 Å². The van der Waals surface area contributed by atoms with Crippen LogP contribution in [0.15, 0.2) is 36.7 Å². The maximum absolute atomic E-state index is 12.8. The van der Waals surface area contributed by atoms with Crippen molar-refractivity contribution < 1.29 is 9.18 Å². The minimum absolute atomic E-state index is 0.136. The molecule has 0 radical (unpaired) electrons. The second-order valence-electron chi connectivity index (χ2n) is 5.64. The van der Waals surface area contributed by atoms with Gasteiger partial charge < -0.3 is 10.2 Å². The highest BCUT2D eigenvalue weighted by molar-refractivity contribution is 5.78. The third-order valence-corrected chi connectivity index (χ3v) is 3.86. The van der Waals surface area contributed by atoms with Crippen LogP contribution in [0, 0.1) is 5.82 Å². The lowest BCUT2D eigenvalue weighted by Gasteiger charge is -2.17. The summed E-state index contributed by atoms with van der Waals surface area (Å²) >= 11 is 0. The normalized spacial score (nSPS) is 14.0. The van der Waals surface area contributed by atoms with E-state index in [0.29, 0.717) is 12.2 Å². The van der Waals surface area contributed by atoms with E-state index < -0.39 is 5.82 Å². The van der Waals surface area contributed by atoms with Crippen molar-refractivity contribution in [3.8, 4) is 0 Å². The van der Waals surface area contributed by atoms with E-state index in [2.05, 4.69) is 20.2 Å². The molecule has 23 heavy (non-hydrogen) atoms. The van der Waals surface area contributed by atoms with Crippen LogP contribution in [-0.4, -0.2) is 29.0 Å². The molecule has 6 heteroatoms. The van der Waals surface area contributed by atoms with Crippen molar-refractivity contribution in [3.63, 3.8) is 0 Å². The number of rotatable bonds is 5. The summed E-state index contributed by atoms with van der Waals surface area (Å²) in [6.45, 7) is 2.53. The van der Waals surface area contributed by atoms with E-state index in [1.165, 1.54) is 25.0 Å². The molecule has 3 heterocycles. The van der Waals surface area contributed by atoms with Crippen LogP contribution in [0.1, 0.15) is 24.1 Å². The van der Waals surface area contributed by atoms with Crippen molar-refractivity contribution >= 4 is 11.7 Å². The number of hydrogen-bond donors (Lipinski definition) is 1. The van der Waals surface area contributed by atoms with Gasteiger partial charge >= 0.3 is 0 Å². The predicted molar refractivity (Wildman–Crippen MR) is 85.4 cm³/mol. The number of carbonyl (C=O) groups excluding carboxylic acids is 1. The van der Waals surface area contributed by atoms with Gasteiger partial charge in [0.1, 0.15) is 11.6 Å². The summed E-state index contributed by atoms with van der Waals surface area (Å²) in [6, 6.07) is 6.74. The molecule has 0 unspecified atom stereocenters. The lowest BCUT2D eigenvalue weighted by Crippen LogP contribution is -2.25. The largest absolute Gasteiger partial charge is 0.357 e. The van der Waals surface area contributed by atoms with Crippen molar-refractivity contribution in [3.05, 3.63) is 53.7 Å². The van der Waals surface area contributed by atoms with Crippen LogP contribution in [0.2, 0.25) is 0 Å². The van der Waals surface area contributed by atoms with E-state index in [0.717, 1.165) is 30.7 Å². The Morgan fingerprint density at radius 3 is 2.78 bits per heavy atom. The molecule has 3 rings (SSSR count). The van der Waals surface area contributed by atoms with Crippen LogP contribution in [-0.2, 0) is 17.8 Å². The van der Waals surface area contributed by atoms with Gasteiger partial charge in [-0.25, -0.2) is 9.37 Å². The molecule has 0 bridgehead atoms. The SMILES string of the molecule is O=C(Cc1ccc(F)cn1)NCc1ccnc(N2CCCC2)c1. The Hall–Kier alpha value is -2.50. The molecular formula is C17H19FN4O. The lowest BCUT2D eigenvalue weighted by atomic mass is 10.2. The van der Waals surface area contributed by atoms with Gasteiger partial charge in [-0.15, -0.1) is 0 Å². The highest BCUT2D eigenvalue weighted by Crippen LogP contribution is 2.18. The molecule has 0 saturated carbocycles. The Morgan fingerprint density at radius 1 is 1.22 bits per heavy atom. The van der Waals surface area contributed by atoms with E-state index in [1.807, 2.05) is 12.1 Å². The van der Waals surface area contributed by atoms with Crippen molar-refractivity contribution in [1.82, 2.24) is 15.3 Å². The first kappa shape index (κ1) is 15.4. The van der Waals surface area contributed by atoms with Crippen LogP contribution in [0.25, 0.3) is 0 Å². The van der Waals surface area contributed by atoms with Gasteiger partial charge in [-0.2, -0.15) is 0 Å². The first-order valence-corrected chi connectivity index (χ1v) is 7.78. The smallest absolute Gasteiger partial charge is 0.226 e. The lowest BCUT2D eigenvalue weighted by molar-refractivity contribution is -0.120. The number of nitrogens with one attached hydrogen (secondary N) is 1. The molecular weight excluding hydrogens is 295 g/mol. The summed E-state index contributed by atoms with van der Waals surface area (Å²) in [4.78, 5) is 22.5. The predicted octanol–water partition coefficient (Wildman–Crippen LogP) is 2.07. The van der Waals surface area contributed by atoms with Gasteiger partial charge in [0.05, 0.1) is 12.6 Å². The maximum atomic E-state index is 12.8. The van der Waals surface area contributed by atoms with E-state index in [4.69, 9.17) is 0 Å². The van der Waals surface area contributed by atoms with Gasteiger partial charge in [0.2, 0.25) is 5.91 Å². The highest BCUT2D eigenvalue weighted by atomic mass is 19.1. The number of aromatic nitrogens is 2. The zero-order chi connectivity index (χ0) is 16.1. The zero-order valence-electron chi connectivity index (χ0n) is 12.8. The second-order valence-corrected chi connectivity index (χ2v) is 5.64. The maximum Gasteiger partial charge on any atom is 0.226 e. The fourth-order valence-electron chi connectivity index (χ4n) is 2.63. The first-order chi connectivity index (χ1) is 11.2. The molecule has 2 aromatic rings. The van der Waals surface area contributed by atoms with Gasteiger partial charge in [-0.3, -0.25) is 9.78 Å². The average molecular weight is 314 g/mol. The molecule has 5 nitrogen and oxygen atoms in total. The summed E-state index contributed by atoms with van der Waals surface area (Å²) in [5.74, 6) is 0.429. The molecule has 0 aromatic carbocycles. The molecule has 1 saturated heterocycles. The summed E-state index contributed by atoms with van der Waals surface area (Å²) in [5.41, 5.74) is 1.57. The topological polar surface area (TPSA) is 58.1 Å². The molecule has 1 aliphatic heterocycles. The van der Waals surface area contributed by atoms with Crippen molar-refractivity contribution in [1.29, 1.82) is 0 Å². The Balaban J connectivity index is 1.54.